The van der Waals surface area contributed by atoms with Crippen LogP contribution in [0.1, 0.15) is 29.8 Å². The first kappa shape index (κ1) is 16.2. The van der Waals surface area contributed by atoms with Crippen LogP contribution in [0.25, 0.3) is 0 Å². The van der Waals surface area contributed by atoms with E-state index in [0.717, 1.165) is 25.8 Å². The molecular formula is C17H19ClN4O3. The fourth-order valence-electron chi connectivity index (χ4n) is 3.19. The number of carbonyl (C=O) groups excluding carboxylic acids is 1. The molecule has 0 N–H and O–H groups in total. The predicted molar refractivity (Wildman–Crippen MR) is 91.1 cm³/mol. The third kappa shape index (κ3) is 3.42. The smallest absolute Gasteiger partial charge is 0.274 e. The molecule has 1 fully saturated rings. The summed E-state index contributed by atoms with van der Waals surface area (Å²) >= 11 is 6.10. The predicted octanol–water partition coefficient (Wildman–Crippen LogP) is 2.40. The van der Waals surface area contributed by atoms with Crippen LogP contribution in [0.2, 0.25) is 5.02 Å². The Morgan fingerprint density at radius 2 is 2.28 bits per heavy atom. The first-order valence-corrected chi connectivity index (χ1v) is 8.84. The molecule has 0 radical (unpaired) electrons. The number of halogens is 1. The molecule has 1 amide bonds. The fraction of sp³-hybridized carbons (Fsp3) is 0.471. The molecule has 25 heavy (non-hydrogen) atoms. The maximum absolute atomic E-state index is 12.8. The third-order valence-electron chi connectivity index (χ3n) is 4.42. The van der Waals surface area contributed by atoms with Crippen LogP contribution in [0.3, 0.4) is 0 Å². The second-order valence-corrected chi connectivity index (χ2v) is 6.64. The summed E-state index contributed by atoms with van der Waals surface area (Å²) in [6, 6.07) is 3.47. The number of ether oxygens (including phenoxy) is 2. The van der Waals surface area contributed by atoms with Gasteiger partial charge in [-0.15, -0.1) is 0 Å². The minimum absolute atomic E-state index is 0.0837. The molecule has 8 heteroatoms. The van der Waals surface area contributed by atoms with Crippen molar-refractivity contribution in [1.29, 1.82) is 0 Å². The summed E-state index contributed by atoms with van der Waals surface area (Å²) in [5.41, 5.74) is 0.430. The minimum Gasteiger partial charge on any atom is -0.487 e. The highest BCUT2D eigenvalue weighted by Crippen LogP contribution is 2.26. The van der Waals surface area contributed by atoms with Gasteiger partial charge in [-0.3, -0.25) is 9.78 Å². The topological polar surface area (TPSA) is 69.5 Å². The number of amides is 1. The normalized spacial score (nSPS) is 19.9. The molecule has 0 saturated carbocycles. The summed E-state index contributed by atoms with van der Waals surface area (Å²) in [5, 5.41) is 4.86. The van der Waals surface area contributed by atoms with Crippen molar-refractivity contribution in [2.24, 2.45) is 0 Å². The molecule has 2 aliphatic rings. The molecule has 0 spiro atoms. The molecule has 1 unspecified atom stereocenters. The van der Waals surface area contributed by atoms with Gasteiger partial charge in [-0.1, -0.05) is 11.6 Å². The number of aromatic nitrogens is 3. The molecule has 2 aromatic rings. The number of piperidine rings is 1. The van der Waals surface area contributed by atoms with Crippen molar-refractivity contribution in [3.8, 4) is 11.6 Å². The van der Waals surface area contributed by atoms with Crippen LogP contribution in [0.5, 0.6) is 11.6 Å². The maximum Gasteiger partial charge on any atom is 0.274 e. The standard InChI is InChI=1S/C17H19ClN4O3/c18-13-10-19-5-4-15(13)25-12-3-1-6-21(11-12)17(23)14-9-16-22(20-14)7-2-8-24-16/h4-5,9-10,12H,1-3,6-8,11H2. The van der Waals surface area contributed by atoms with E-state index in [1.165, 1.54) is 0 Å². The van der Waals surface area contributed by atoms with Crippen LogP contribution in [0.4, 0.5) is 0 Å². The summed E-state index contributed by atoms with van der Waals surface area (Å²) in [7, 11) is 0. The van der Waals surface area contributed by atoms with Gasteiger partial charge in [-0.05, 0) is 12.8 Å². The lowest BCUT2D eigenvalue weighted by atomic mass is 10.1. The van der Waals surface area contributed by atoms with Crippen molar-refractivity contribution in [3.63, 3.8) is 0 Å². The van der Waals surface area contributed by atoms with Crippen molar-refractivity contribution in [3.05, 3.63) is 35.2 Å². The monoisotopic (exact) mass is 362 g/mol. The van der Waals surface area contributed by atoms with Crippen molar-refractivity contribution in [2.75, 3.05) is 19.7 Å². The van der Waals surface area contributed by atoms with Gasteiger partial charge in [0.1, 0.15) is 16.9 Å². The van der Waals surface area contributed by atoms with Crippen LogP contribution < -0.4 is 9.47 Å². The lowest BCUT2D eigenvalue weighted by Gasteiger charge is -2.32. The summed E-state index contributed by atoms with van der Waals surface area (Å²) in [6.07, 6.45) is 5.77. The molecular weight excluding hydrogens is 344 g/mol. The van der Waals surface area contributed by atoms with Crippen LogP contribution >= 0.6 is 11.6 Å². The van der Waals surface area contributed by atoms with E-state index in [2.05, 4.69) is 10.1 Å². The van der Waals surface area contributed by atoms with Gasteiger partial charge in [0.15, 0.2) is 5.69 Å². The zero-order valence-electron chi connectivity index (χ0n) is 13.7. The molecule has 4 heterocycles. The molecule has 132 valence electrons. The molecule has 2 aliphatic heterocycles. The largest absolute Gasteiger partial charge is 0.487 e. The Kier molecular flexibility index (Phi) is 4.48. The molecule has 0 aromatic carbocycles. The Morgan fingerprint density at radius 1 is 1.36 bits per heavy atom. The SMILES string of the molecule is O=C(c1cc2n(n1)CCCO2)N1CCCC(Oc2ccncc2Cl)C1. The van der Waals surface area contributed by atoms with Crippen LogP contribution in [0, 0.1) is 0 Å². The molecule has 4 rings (SSSR count). The van der Waals surface area contributed by atoms with E-state index in [4.69, 9.17) is 21.1 Å². The number of pyridine rings is 1. The number of aryl methyl sites for hydroxylation is 1. The fourth-order valence-corrected chi connectivity index (χ4v) is 3.35. The van der Waals surface area contributed by atoms with Gasteiger partial charge in [-0.25, -0.2) is 4.68 Å². The Morgan fingerprint density at radius 3 is 3.12 bits per heavy atom. The van der Waals surface area contributed by atoms with Gasteiger partial charge < -0.3 is 14.4 Å². The third-order valence-corrected chi connectivity index (χ3v) is 4.70. The van der Waals surface area contributed by atoms with Gasteiger partial charge in [-0.2, -0.15) is 5.10 Å². The van der Waals surface area contributed by atoms with Crippen molar-refractivity contribution in [1.82, 2.24) is 19.7 Å². The van der Waals surface area contributed by atoms with Gasteiger partial charge in [0.2, 0.25) is 5.88 Å². The summed E-state index contributed by atoms with van der Waals surface area (Å²) in [5.74, 6) is 1.18. The lowest BCUT2D eigenvalue weighted by Crippen LogP contribution is -2.44. The number of likely N-dealkylation sites (tertiary alicyclic amines) is 1. The van der Waals surface area contributed by atoms with E-state index in [1.54, 1.807) is 34.1 Å². The Balaban J connectivity index is 1.44. The zero-order valence-corrected chi connectivity index (χ0v) is 14.5. The number of carbonyl (C=O) groups is 1. The average molecular weight is 363 g/mol. The van der Waals surface area contributed by atoms with E-state index in [9.17, 15) is 4.79 Å². The maximum atomic E-state index is 12.8. The highest BCUT2D eigenvalue weighted by Gasteiger charge is 2.28. The summed E-state index contributed by atoms with van der Waals surface area (Å²) in [6.45, 7) is 2.67. The number of rotatable bonds is 3. The highest BCUT2D eigenvalue weighted by molar-refractivity contribution is 6.31. The van der Waals surface area contributed by atoms with Gasteiger partial charge in [0.25, 0.3) is 5.91 Å². The minimum atomic E-state index is -0.0916. The molecule has 1 saturated heterocycles. The lowest BCUT2D eigenvalue weighted by molar-refractivity contribution is 0.0532. The molecule has 0 aliphatic carbocycles. The van der Waals surface area contributed by atoms with Crippen LogP contribution in [-0.4, -0.2) is 51.4 Å². The van der Waals surface area contributed by atoms with E-state index >= 15 is 0 Å². The van der Waals surface area contributed by atoms with E-state index in [1.807, 2.05) is 0 Å². The first-order valence-electron chi connectivity index (χ1n) is 8.47. The van der Waals surface area contributed by atoms with Crippen molar-refractivity contribution >= 4 is 17.5 Å². The highest BCUT2D eigenvalue weighted by atomic mass is 35.5. The first-order chi connectivity index (χ1) is 12.2. The van der Waals surface area contributed by atoms with Crippen LogP contribution in [0.15, 0.2) is 24.5 Å². The number of fused-ring (bicyclic) bond motifs is 1. The number of nitrogens with zero attached hydrogens (tertiary/aromatic N) is 4. The Labute approximate surface area is 150 Å². The van der Waals surface area contributed by atoms with Crippen molar-refractivity contribution < 1.29 is 14.3 Å². The second-order valence-electron chi connectivity index (χ2n) is 6.23. The van der Waals surface area contributed by atoms with Gasteiger partial charge in [0.05, 0.1) is 13.2 Å². The van der Waals surface area contributed by atoms with E-state index < -0.39 is 0 Å². The summed E-state index contributed by atoms with van der Waals surface area (Å²) < 4.78 is 13.3. The summed E-state index contributed by atoms with van der Waals surface area (Å²) in [4.78, 5) is 18.5. The van der Waals surface area contributed by atoms with Gasteiger partial charge in [0, 0.05) is 44.0 Å². The van der Waals surface area contributed by atoms with Crippen LogP contribution in [-0.2, 0) is 6.54 Å². The second kappa shape index (κ2) is 6.92. The van der Waals surface area contributed by atoms with E-state index in [0.29, 0.717) is 42.0 Å². The Bertz CT molecular complexity index is 756. The average Bonchev–Trinajstić information content (AvgIpc) is 3.07. The number of hydrogen-bond donors (Lipinski definition) is 0. The van der Waals surface area contributed by atoms with Gasteiger partial charge >= 0.3 is 0 Å². The van der Waals surface area contributed by atoms with Crippen molar-refractivity contribution in [2.45, 2.75) is 31.9 Å². The zero-order chi connectivity index (χ0) is 17.2. The molecule has 0 bridgehead atoms. The number of hydrogen-bond acceptors (Lipinski definition) is 5. The van der Waals surface area contributed by atoms with E-state index in [-0.39, 0.29) is 12.0 Å². The Hall–Kier alpha value is -2.28. The molecule has 7 nitrogen and oxygen atoms in total. The molecule has 1 atom stereocenters. The quantitative estimate of drug-likeness (QED) is 0.838. The molecule has 2 aromatic heterocycles.